The van der Waals surface area contributed by atoms with Gasteiger partial charge in [-0.25, -0.2) is 4.79 Å². The molecule has 1 atom stereocenters. The summed E-state index contributed by atoms with van der Waals surface area (Å²) in [7, 11) is 0. The van der Waals surface area contributed by atoms with E-state index in [1.807, 2.05) is 0 Å². The van der Waals surface area contributed by atoms with Gasteiger partial charge in [-0.2, -0.15) is 0 Å². The quantitative estimate of drug-likeness (QED) is 0.360. The van der Waals surface area contributed by atoms with Crippen molar-refractivity contribution in [1.82, 2.24) is 10.2 Å². The van der Waals surface area contributed by atoms with Crippen molar-refractivity contribution in [3.05, 3.63) is 0 Å². The molecular formula is C19H36N2O2. The highest BCUT2D eigenvalue weighted by Crippen LogP contribution is 2.20. The Morgan fingerprint density at radius 3 is 1.74 bits per heavy atom. The predicted octanol–water partition coefficient (Wildman–Crippen LogP) is 5.02. The van der Waals surface area contributed by atoms with Gasteiger partial charge in [-0.3, -0.25) is 9.69 Å². The van der Waals surface area contributed by atoms with Gasteiger partial charge in [0.25, 0.3) is 0 Å². The van der Waals surface area contributed by atoms with E-state index >= 15 is 0 Å². The van der Waals surface area contributed by atoms with Crippen LogP contribution in [-0.2, 0) is 4.79 Å². The number of rotatable bonds is 14. The molecule has 23 heavy (non-hydrogen) atoms. The van der Waals surface area contributed by atoms with Crippen LogP contribution in [-0.4, -0.2) is 29.4 Å². The van der Waals surface area contributed by atoms with E-state index in [-0.39, 0.29) is 24.5 Å². The fourth-order valence-corrected chi connectivity index (χ4v) is 3.35. The average molecular weight is 325 g/mol. The molecule has 1 aliphatic heterocycles. The molecule has 0 bridgehead atoms. The fraction of sp³-hybridized carbons (Fsp3) is 0.895. The van der Waals surface area contributed by atoms with Crippen LogP contribution in [0.15, 0.2) is 0 Å². The Morgan fingerprint density at radius 2 is 1.30 bits per heavy atom. The molecule has 4 heteroatoms. The van der Waals surface area contributed by atoms with E-state index in [2.05, 4.69) is 19.2 Å². The molecule has 1 saturated heterocycles. The zero-order valence-corrected chi connectivity index (χ0v) is 15.2. The molecule has 1 aliphatic rings. The van der Waals surface area contributed by atoms with Gasteiger partial charge in [0.05, 0.1) is 6.54 Å². The summed E-state index contributed by atoms with van der Waals surface area (Å²) in [6, 6.07) is -0.0719. The number of nitrogens with zero attached hydrogens (tertiary/aromatic N) is 1. The van der Waals surface area contributed by atoms with Crippen molar-refractivity contribution >= 4 is 11.9 Å². The number of unbranched alkanes of at least 4 members (excludes halogenated alkanes) is 9. The molecule has 1 rings (SSSR count). The summed E-state index contributed by atoms with van der Waals surface area (Å²) >= 11 is 0. The third-order valence-corrected chi connectivity index (χ3v) is 4.78. The molecule has 3 amide bonds. The van der Waals surface area contributed by atoms with E-state index in [0.717, 1.165) is 25.7 Å². The second-order valence-electron chi connectivity index (χ2n) is 6.84. The number of hydrogen-bond acceptors (Lipinski definition) is 2. The largest absolute Gasteiger partial charge is 0.329 e. The standard InChI is InChI=1S/C19H36N2O2/c1-3-5-7-9-11-13-15-17(14-12-10-8-6-4-2)21-18(22)16-20-19(21)23/h17H,3-16H2,1-2H3,(H,20,23). The van der Waals surface area contributed by atoms with E-state index in [0.29, 0.717) is 0 Å². The summed E-state index contributed by atoms with van der Waals surface area (Å²) in [5, 5.41) is 2.67. The van der Waals surface area contributed by atoms with Gasteiger partial charge >= 0.3 is 6.03 Å². The zero-order chi connectivity index (χ0) is 16.9. The molecule has 1 N–H and O–H groups in total. The van der Waals surface area contributed by atoms with Gasteiger partial charge in [-0.15, -0.1) is 0 Å². The topological polar surface area (TPSA) is 49.4 Å². The van der Waals surface area contributed by atoms with E-state index in [9.17, 15) is 9.59 Å². The molecule has 1 unspecified atom stereocenters. The number of hydrogen-bond donors (Lipinski definition) is 1. The Bertz CT molecular complexity index is 328. The number of carbonyl (C=O) groups is 2. The lowest BCUT2D eigenvalue weighted by molar-refractivity contribution is -0.126. The van der Waals surface area contributed by atoms with E-state index in [1.54, 1.807) is 0 Å². The zero-order valence-electron chi connectivity index (χ0n) is 15.2. The summed E-state index contributed by atoms with van der Waals surface area (Å²) in [6.45, 7) is 4.63. The Kier molecular flexibility index (Phi) is 10.8. The molecule has 0 radical (unpaired) electrons. The van der Waals surface area contributed by atoms with E-state index in [1.165, 1.54) is 62.7 Å². The number of nitrogens with one attached hydrogen (secondary N) is 1. The monoisotopic (exact) mass is 324 g/mol. The highest BCUT2D eigenvalue weighted by Gasteiger charge is 2.34. The second kappa shape index (κ2) is 12.4. The second-order valence-corrected chi connectivity index (χ2v) is 6.84. The van der Waals surface area contributed by atoms with Gasteiger partial charge in [0.15, 0.2) is 0 Å². The smallest absolute Gasteiger partial charge is 0.324 e. The van der Waals surface area contributed by atoms with Gasteiger partial charge in [-0.1, -0.05) is 84.5 Å². The normalized spacial score (nSPS) is 16.0. The maximum absolute atomic E-state index is 12.0. The fourth-order valence-electron chi connectivity index (χ4n) is 3.35. The molecule has 0 aromatic heterocycles. The van der Waals surface area contributed by atoms with Crippen molar-refractivity contribution in [3.63, 3.8) is 0 Å². The van der Waals surface area contributed by atoms with Crippen LogP contribution in [0.25, 0.3) is 0 Å². The number of amides is 3. The van der Waals surface area contributed by atoms with E-state index < -0.39 is 0 Å². The third kappa shape index (κ3) is 7.85. The van der Waals surface area contributed by atoms with Crippen molar-refractivity contribution in [1.29, 1.82) is 0 Å². The first-order chi connectivity index (χ1) is 11.2. The first-order valence-electron chi connectivity index (χ1n) is 9.80. The van der Waals surface area contributed by atoms with Gasteiger partial charge in [0.2, 0.25) is 5.91 Å². The number of imide groups is 1. The summed E-state index contributed by atoms with van der Waals surface area (Å²) in [6.07, 6.45) is 15.6. The van der Waals surface area contributed by atoms with Crippen molar-refractivity contribution in [2.75, 3.05) is 6.54 Å². The van der Waals surface area contributed by atoms with Crippen LogP contribution in [0.2, 0.25) is 0 Å². The lowest BCUT2D eigenvalue weighted by Gasteiger charge is -2.25. The van der Waals surface area contributed by atoms with Crippen LogP contribution in [0.4, 0.5) is 4.79 Å². The third-order valence-electron chi connectivity index (χ3n) is 4.78. The lowest BCUT2D eigenvalue weighted by atomic mass is 9.99. The summed E-state index contributed by atoms with van der Waals surface area (Å²) in [5.41, 5.74) is 0. The maximum atomic E-state index is 12.0. The van der Waals surface area contributed by atoms with Gasteiger partial charge < -0.3 is 5.32 Å². The van der Waals surface area contributed by atoms with Gasteiger partial charge in [0, 0.05) is 6.04 Å². The molecule has 0 aromatic rings. The first-order valence-corrected chi connectivity index (χ1v) is 9.80. The van der Waals surface area contributed by atoms with Crippen LogP contribution in [0.1, 0.15) is 97.3 Å². The molecule has 0 spiro atoms. The molecule has 1 fully saturated rings. The van der Waals surface area contributed by atoms with Crippen LogP contribution in [0, 0.1) is 0 Å². The van der Waals surface area contributed by atoms with Crippen LogP contribution >= 0.6 is 0 Å². The molecule has 4 nitrogen and oxygen atoms in total. The first kappa shape index (κ1) is 20.0. The molecular weight excluding hydrogens is 288 g/mol. The molecule has 0 aromatic carbocycles. The molecule has 0 aliphatic carbocycles. The van der Waals surface area contributed by atoms with Crippen molar-refractivity contribution in [3.8, 4) is 0 Å². The van der Waals surface area contributed by atoms with Crippen molar-refractivity contribution in [2.24, 2.45) is 0 Å². The average Bonchev–Trinajstić information content (AvgIpc) is 2.87. The number of urea groups is 1. The Labute approximate surface area is 142 Å². The maximum Gasteiger partial charge on any atom is 0.324 e. The highest BCUT2D eigenvalue weighted by molar-refractivity contribution is 6.02. The Balaban J connectivity index is 2.35. The number of carbonyl (C=O) groups excluding carboxylic acids is 2. The lowest BCUT2D eigenvalue weighted by Crippen LogP contribution is -2.40. The summed E-state index contributed by atoms with van der Waals surface area (Å²) in [5.74, 6) is -0.0421. The summed E-state index contributed by atoms with van der Waals surface area (Å²) in [4.78, 5) is 25.4. The molecule has 1 heterocycles. The minimum atomic E-state index is -0.181. The Hall–Kier alpha value is -1.06. The predicted molar refractivity (Wildman–Crippen MR) is 95.4 cm³/mol. The van der Waals surface area contributed by atoms with Crippen LogP contribution in [0.3, 0.4) is 0 Å². The minimum absolute atomic E-state index is 0.0421. The highest BCUT2D eigenvalue weighted by atomic mass is 16.2. The molecule has 0 saturated carbocycles. The van der Waals surface area contributed by atoms with E-state index in [4.69, 9.17) is 0 Å². The van der Waals surface area contributed by atoms with Gasteiger partial charge in [-0.05, 0) is 12.8 Å². The van der Waals surface area contributed by atoms with Gasteiger partial charge in [0.1, 0.15) is 0 Å². The molecule has 134 valence electrons. The SMILES string of the molecule is CCCCCCCCC(CCCCCCC)N1C(=O)CNC1=O. The van der Waals surface area contributed by atoms with Crippen LogP contribution < -0.4 is 5.32 Å². The Morgan fingerprint density at radius 1 is 0.826 bits per heavy atom. The van der Waals surface area contributed by atoms with Crippen molar-refractivity contribution < 1.29 is 9.59 Å². The summed E-state index contributed by atoms with van der Waals surface area (Å²) < 4.78 is 0. The minimum Gasteiger partial charge on any atom is -0.329 e. The van der Waals surface area contributed by atoms with Crippen molar-refractivity contribution in [2.45, 2.75) is 103 Å². The van der Waals surface area contributed by atoms with Crippen LogP contribution in [0.5, 0.6) is 0 Å².